The molecule has 0 saturated heterocycles. The number of ketones is 1. The van der Waals surface area contributed by atoms with Gasteiger partial charge in [0.05, 0.1) is 11.0 Å². The third-order valence-corrected chi connectivity index (χ3v) is 6.45. The van der Waals surface area contributed by atoms with Gasteiger partial charge in [-0.05, 0) is 104 Å². The zero-order chi connectivity index (χ0) is 23.2. The highest BCUT2D eigenvalue weighted by Gasteiger charge is 2.40. The van der Waals surface area contributed by atoms with Crippen molar-refractivity contribution in [3.05, 3.63) is 57.7 Å². The number of allylic oxidation sites excluding steroid dienone is 6. The molecule has 0 aliphatic carbocycles. The Hall–Kier alpha value is -2.29. The molecule has 0 aromatic heterocycles. The van der Waals surface area contributed by atoms with Gasteiger partial charge < -0.3 is 9.84 Å². The van der Waals surface area contributed by atoms with Crippen molar-refractivity contribution in [2.45, 2.75) is 87.0 Å². The Labute approximate surface area is 188 Å². The number of rotatable bonds is 9. The Bertz CT molecular complexity index is 897. The summed E-state index contributed by atoms with van der Waals surface area (Å²) in [5.41, 5.74) is 5.79. The molecule has 1 unspecified atom stereocenters. The van der Waals surface area contributed by atoms with Crippen LogP contribution in [0.2, 0.25) is 0 Å². The Morgan fingerprint density at radius 1 is 1.00 bits per heavy atom. The van der Waals surface area contributed by atoms with Gasteiger partial charge in [-0.3, -0.25) is 4.79 Å². The maximum absolute atomic E-state index is 13.2. The van der Waals surface area contributed by atoms with Crippen LogP contribution in [0.15, 0.2) is 41.0 Å². The number of benzene rings is 1. The summed E-state index contributed by atoms with van der Waals surface area (Å²) in [5.74, 6) is 0.877. The summed E-state index contributed by atoms with van der Waals surface area (Å²) in [7, 11) is 0. The summed E-state index contributed by atoms with van der Waals surface area (Å²) in [4.78, 5) is 13.2. The molecule has 1 aliphatic rings. The van der Waals surface area contributed by atoms with E-state index in [1.807, 2.05) is 20.8 Å². The summed E-state index contributed by atoms with van der Waals surface area (Å²) >= 11 is 0. The van der Waals surface area contributed by atoms with Crippen LogP contribution >= 0.6 is 0 Å². The lowest BCUT2D eigenvalue weighted by Crippen LogP contribution is -2.38. The number of aromatic hydroxyl groups is 1. The molecule has 3 nitrogen and oxygen atoms in total. The summed E-state index contributed by atoms with van der Waals surface area (Å²) in [5, 5.41) is 10.2. The molecule has 0 saturated carbocycles. The van der Waals surface area contributed by atoms with Gasteiger partial charge in [0.25, 0.3) is 0 Å². The van der Waals surface area contributed by atoms with E-state index < -0.39 is 5.41 Å². The van der Waals surface area contributed by atoms with Crippen molar-refractivity contribution in [2.75, 3.05) is 6.61 Å². The molecule has 1 atom stereocenters. The number of Topliss-reactive ketones (excluding diaryl/α,β-unsaturated/α-hetero) is 1. The van der Waals surface area contributed by atoms with E-state index in [2.05, 4.69) is 45.9 Å². The van der Waals surface area contributed by atoms with Crippen LogP contribution in [-0.2, 0) is 0 Å². The first kappa shape index (κ1) is 25.0. The lowest BCUT2D eigenvalue weighted by atomic mass is 9.76. The molecular weight excluding hydrogens is 384 g/mol. The fourth-order valence-electron chi connectivity index (χ4n) is 4.01. The quantitative estimate of drug-likeness (QED) is 0.411. The van der Waals surface area contributed by atoms with Crippen LogP contribution in [-0.4, -0.2) is 17.5 Å². The number of hydrogen-bond acceptors (Lipinski definition) is 3. The molecule has 1 aromatic rings. The fourth-order valence-corrected chi connectivity index (χ4v) is 4.01. The maximum Gasteiger partial charge on any atom is 0.176 e. The highest BCUT2D eigenvalue weighted by atomic mass is 16.5. The Morgan fingerprint density at radius 2 is 1.58 bits per heavy atom. The van der Waals surface area contributed by atoms with Gasteiger partial charge in [0.15, 0.2) is 5.78 Å². The van der Waals surface area contributed by atoms with Crippen LogP contribution in [0.5, 0.6) is 11.5 Å². The van der Waals surface area contributed by atoms with Gasteiger partial charge in [0, 0.05) is 0 Å². The monoisotopic (exact) mass is 424 g/mol. The van der Waals surface area contributed by atoms with E-state index in [1.54, 1.807) is 6.07 Å². The normalized spacial score (nSPS) is 19.1. The summed E-state index contributed by atoms with van der Waals surface area (Å²) in [6.07, 6.45) is 12.9. The molecule has 2 rings (SSSR count). The minimum Gasteiger partial charge on any atom is -0.508 e. The van der Waals surface area contributed by atoms with E-state index in [1.165, 1.54) is 16.7 Å². The predicted octanol–water partition coefficient (Wildman–Crippen LogP) is 7.79. The third-order valence-electron chi connectivity index (χ3n) is 6.45. The highest BCUT2D eigenvalue weighted by Crippen LogP contribution is 2.42. The fraction of sp³-hybridized carbons (Fsp3) is 0.536. The third kappa shape index (κ3) is 6.59. The maximum atomic E-state index is 13.2. The molecule has 1 heterocycles. The number of ether oxygens (including phenoxy) is 1. The van der Waals surface area contributed by atoms with Crippen molar-refractivity contribution in [1.29, 1.82) is 0 Å². The number of phenolic OH excluding ortho intramolecular Hbond substituents is 1. The van der Waals surface area contributed by atoms with Gasteiger partial charge in [-0.1, -0.05) is 34.9 Å². The predicted molar refractivity (Wildman–Crippen MR) is 130 cm³/mol. The van der Waals surface area contributed by atoms with E-state index in [9.17, 15) is 9.90 Å². The zero-order valence-electron chi connectivity index (χ0n) is 20.5. The Kier molecular flexibility index (Phi) is 8.73. The lowest BCUT2D eigenvalue weighted by molar-refractivity contribution is 0.0628. The molecule has 3 heteroatoms. The highest BCUT2D eigenvalue weighted by molar-refractivity contribution is 6.04. The first-order valence-electron chi connectivity index (χ1n) is 11.5. The van der Waals surface area contributed by atoms with E-state index in [-0.39, 0.29) is 11.5 Å². The molecule has 0 radical (unpaired) electrons. The van der Waals surface area contributed by atoms with Gasteiger partial charge in [-0.15, -0.1) is 0 Å². The molecule has 31 heavy (non-hydrogen) atoms. The smallest absolute Gasteiger partial charge is 0.176 e. The topological polar surface area (TPSA) is 46.5 Å². The Morgan fingerprint density at radius 3 is 2.19 bits per heavy atom. The summed E-state index contributed by atoms with van der Waals surface area (Å²) < 4.78 is 6.01. The minimum atomic E-state index is -0.556. The number of carbonyl (C=O) groups is 1. The lowest BCUT2D eigenvalue weighted by Gasteiger charge is -2.34. The minimum absolute atomic E-state index is 0.0770. The Balaban J connectivity index is 1.90. The number of carbonyl (C=O) groups excluding carboxylic acids is 1. The van der Waals surface area contributed by atoms with Crippen molar-refractivity contribution in [3.8, 4) is 11.5 Å². The molecule has 0 fully saturated rings. The van der Waals surface area contributed by atoms with Gasteiger partial charge in [0.2, 0.25) is 0 Å². The van der Waals surface area contributed by atoms with E-state index >= 15 is 0 Å². The van der Waals surface area contributed by atoms with Crippen molar-refractivity contribution in [2.24, 2.45) is 5.41 Å². The first-order chi connectivity index (χ1) is 14.5. The zero-order valence-corrected chi connectivity index (χ0v) is 20.5. The second-order valence-electron chi connectivity index (χ2n) is 9.70. The molecular formula is C28H40O3. The van der Waals surface area contributed by atoms with Gasteiger partial charge in [-0.2, -0.15) is 0 Å². The van der Waals surface area contributed by atoms with Crippen LogP contribution in [0.4, 0.5) is 0 Å². The van der Waals surface area contributed by atoms with Crippen molar-refractivity contribution >= 4 is 5.78 Å². The molecule has 0 amide bonds. The van der Waals surface area contributed by atoms with Crippen LogP contribution < -0.4 is 4.74 Å². The molecule has 0 spiro atoms. The second kappa shape index (κ2) is 10.8. The van der Waals surface area contributed by atoms with Crippen molar-refractivity contribution in [3.63, 3.8) is 0 Å². The second-order valence-corrected chi connectivity index (χ2v) is 9.70. The molecule has 0 bridgehead atoms. The molecule has 1 N–H and O–H groups in total. The summed E-state index contributed by atoms with van der Waals surface area (Å²) in [6, 6.07) is 1.57. The van der Waals surface area contributed by atoms with Gasteiger partial charge in [0.1, 0.15) is 18.1 Å². The van der Waals surface area contributed by atoms with Gasteiger partial charge in [-0.25, -0.2) is 0 Å². The van der Waals surface area contributed by atoms with E-state index in [4.69, 9.17) is 4.74 Å². The van der Waals surface area contributed by atoms with Crippen LogP contribution in [0.1, 0.15) is 94.6 Å². The first-order valence-corrected chi connectivity index (χ1v) is 11.5. The number of fused-ring (bicyclic) bond motifs is 1. The van der Waals surface area contributed by atoms with Crippen LogP contribution in [0, 0.1) is 19.3 Å². The van der Waals surface area contributed by atoms with Crippen LogP contribution in [0.3, 0.4) is 0 Å². The molecule has 170 valence electrons. The molecule has 1 aromatic carbocycles. The SMILES string of the molecule is CC(C)=CCC/C(C)=C/CC/C(C)=C/CCC1(C)COc2c(cc(O)c(C)c2C)C1=O. The van der Waals surface area contributed by atoms with Gasteiger partial charge >= 0.3 is 0 Å². The standard InChI is InChI=1S/C28H40O3/c1-19(2)11-8-12-20(3)13-9-14-21(4)15-10-16-28(7)18-31-26-23(6)22(5)25(29)17-24(26)27(28)30/h11,13,15,17,29H,8-10,12,14,16,18H2,1-7H3/b20-13+,21-15+. The molecule has 1 aliphatic heterocycles. The largest absolute Gasteiger partial charge is 0.508 e. The summed E-state index contributed by atoms with van der Waals surface area (Å²) in [6.45, 7) is 14.8. The van der Waals surface area contributed by atoms with Crippen molar-refractivity contribution in [1.82, 2.24) is 0 Å². The average Bonchev–Trinajstić information content (AvgIpc) is 2.69. The van der Waals surface area contributed by atoms with E-state index in [0.717, 1.165) is 49.7 Å². The number of hydrogen-bond donors (Lipinski definition) is 1. The average molecular weight is 425 g/mol. The van der Waals surface area contributed by atoms with E-state index in [0.29, 0.717) is 17.9 Å². The van der Waals surface area contributed by atoms with Crippen molar-refractivity contribution < 1.29 is 14.6 Å². The van der Waals surface area contributed by atoms with Crippen LogP contribution in [0.25, 0.3) is 0 Å². The number of phenols is 1.